The van der Waals surface area contributed by atoms with Gasteiger partial charge in [0.25, 0.3) is 0 Å². The first-order chi connectivity index (χ1) is 15.5. The van der Waals surface area contributed by atoms with Gasteiger partial charge in [-0.3, -0.25) is 0 Å². The van der Waals surface area contributed by atoms with Gasteiger partial charge in [-0.1, -0.05) is 25.3 Å². The van der Waals surface area contributed by atoms with Crippen molar-refractivity contribution in [3.05, 3.63) is 40.5 Å². The van der Waals surface area contributed by atoms with E-state index in [0.29, 0.717) is 12.7 Å². The number of thiophene rings is 1. The van der Waals surface area contributed by atoms with E-state index in [9.17, 15) is 0 Å². The largest absolute Gasteiger partial charge is 0.503 e. The van der Waals surface area contributed by atoms with E-state index in [0.717, 1.165) is 40.9 Å². The maximum atomic E-state index is 8.56. The fraction of sp³-hybridized carbons (Fsp3) is 0.435. The molecule has 2 aromatic heterocycles. The lowest BCUT2D eigenvalue weighted by Crippen LogP contribution is -2.12. The van der Waals surface area contributed by atoms with Crippen molar-refractivity contribution in [2.75, 3.05) is 18.7 Å². The Morgan fingerprint density at radius 1 is 1.16 bits per heavy atom. The molecule has 3 heterocycles. The van der Waals surface area contributed by atoms with Gasteiger partial charge in [0, 0.05) is 12.5 Å². The maximum absolute atomic E-state index is 8.56. The van der Waals surface area contributed by atoms with Crippen LogP contribution in [0.1, 0.15) is 55.0 Å². The highest BCUT2D eigenvalue weighted by Crippen LogP contribution is 2.36. The van der Waals surface area contributed by atoms with Gasteiger partial charge >= 0.3 is 6.16 Å². The number of anilines is 1. The maximum Gasteiger partial charge on any atom is 0.503 e. The second-order valence-corrected chi connectivity index (χ2v) is 8.87. The fourth-order valence-corrected chi connectivity index (χ4v) is 5.12. The van der Waals surface area contributed by atoms with E-state index in [2.05, 4.69) is 29.8 Å². The Morgan fingerprint density at radius 2 is 1.91 bits per heavy atom. The van der Waals surface area contributed by atoms with Crippen LogP contribution in [-0.4, -0.2) is 39.7 Å². The zero-order valence-electron chi connectivity index (χ0n) is 18.0. The van der Waals surface area contributed by atoms with Crippen LogP contribution in [-0.2, 0) is 6.42 Å². The summed E-state index contributed by atoms with van der Waals surface area (Å²) < 4.78 is 10.9. The number of ether oxygens (including phenoxy) is 2. The van der Waals surface area contributed by atoms with Crippen molar-refractivity contribution in [1.82, 2.24) is 9.97 Å². The predicted molar refractivity (Wildman–Crippen MR) is 123 cm³/mol. The van der Waals surface area contributed by atoms with E-state index >= 15 is 0 Å². The Labute approximate surface area is 190 Å². The van der Waals surface area contributed by atoms with Gasteiger partial charge < -0.3 is 25.0 Å². The van der Waals surface area contributed by atoms with Crippen molar-refractivity contribution in [2.24, 2.45) is 0 Å². The lowest BCUT2D eigenvalue weighted by Gasteiger charge is -2.21. The molecule has 5 rings (SSSR count). The lowest BCUT2D eigenvalue weighted by atomic mass is 9.88. The molecule has 3 aromatic rings. The van der Waals surface area contributed by atoms with E-state index in [-0.39, 0.29) is 0 Å². The monoisotopic (exact) mass is 457 g/mol. The van der Waals surface area contributed by atoms with Gasteiger partial charge in [-0.2, -0.15) is 0 Å². The van der Waals surface area contributed by atoms with Crippen molar-refractivity contribution in [3.63, 3.8) is 0 Å². The molecule has 1 saturated carbocycles. The summed E-state index contributed by atoms with van der Waals surface area (Å²) >= 11 is 1.73. The van der Waals surface area contributed by atoms with E-state index in [1.54, 1.807) is 11.3 Å². The number of fused-ring (bicyclic) bond motifs is 2. The number of nitrogens with zero attached hydrogens (tertiary/aromatic N) is 2. The summed E-state index contributed by atoms with van der Waals surface area (Å²) in [6, 6.07) is 6.17. The van der Waals surface area contributed by atoms with Gasteiger partial charge in [0.2, 0.25) is 6.79 Å². The van der Waals surface area contributed by atoms with Gasteiger partial charge in [0.05, 0.1) is 5.39 Å². The summed E-state index contributed by atoms with van der Waals surface area (Å²) in [4.78, 5) is 19.6. The molecule has 1 aliphatic heterocycles. The third kappa shape index (κ3) is 5.21. The topological polar surface area (TPSA) is 114 Å². The number of nitrogens with one attached hydrogen (secondary N) is 1. The van der Waals surface area contributed by atoms with Gasteiger partial charge in [-0.05, 0) is 54.8 Å². The number of aryl methyl sites for hydroxylation is 1. The van der Waals surface area contributed by atoms with Crippen molar-refractivity contribution < 1.29 is 24.5 Å². The normalized spacial score (nSPS) is 15.3. The molecular formula is C23H27N3O5S. The number of hydrogen-bond acceptors (Lipinski definition) is 7. The molecule has 0 bridgehead atoms. The van der Waals surface area contributed by atoms with Crippen LogP contribution >= 0.6 is 11.3 Å². The molecule has 9 heteroatoms. The summed E-state index contributed by atoms with van der Waals surface area (Å²) in [6.07, 6.45) is 5.44. The number of carboxylic acid groups (broad SMARTS) is 2. The minimum absolute atomic E-state index is 0.317. The number of aromatic nitrogens is 2. The Kier molecular flexibility index (Phi) is 6.94. The van der Waals surface area contributed by atoms with Crippen molar-refractivity contribution in [3.8, 4) is 11.5 Å². The van der Waals surface area contributed by atoms with Crippen molar-refractivity contribution in [1.29, 1.82) is 0 Å². The smallest absolute Gasteiger partial charge is 0.454 e. The first-order valence-corrected chi connectivity index (χ1v) is 11.7. The Bertz CT molecular complexity index is 1090. The standard InChI is InChI=1S/C22H25N3O2S.CH2O3/c1-14-12-28-22-19(14)21(24-20(25-22)16-5-3-2-4-6-16)23-10-9-15-7-8-17-18(11-15)27-13-26-17;2-1(3)4/h7-8,11-12,16H,2-6,9-10,13H2,1H3,(H,23,24,25);(H2,2,3,4). The van der Waals surface area contributed by atoms with Gasteiger partial charge in [-0.15, -0.1) is 11.3 Å². The molecule has 0 atom stereocenters. The van der Waals surface area contributed by atoms with Crippen LogP contribution in [0.15, 0.2) is 23.6 Å². The number of hydrogen-bond donors (Lipinski definition) is 3. The lowest BCUT2D eigenvalue weighted by molar-refractivity contribution is 0.137. The van der Waals surface area contributed by atoms with Crippen LogP contribution in [0.5, 0.6) is 11.5 Å². The van der Waals surface area contributed by atoms with Crippen LogP contribution in [0.25, 0.3) is 10.2 Å². The molecule has 3 N–H and O–H groups in total. The van der Waals surface area contributed by atoms with Crippen LogP contribution in [0.3, 0.4) is 0 Å². The first kappa shape index (κ1) is 22.1. The highest BCUT2D eigenvalue weighted by atomic mass is 32.1. The van der Waals surface area contributed by atoms with Crippen LogP contribution < -0.4 is 14.8 Å². The Balaban J connectivity index is 0.000000567. The van der Waals surface area contributed by atoms with Crippen molar-refractivity contribution >= 4 is 33.5 Å². The minimum Gasteiger partial charge on any atom is -0.454 e. The Morgan fingerprint density at radius 3 is 2.69 bits per heavy atom. The third-order valence-electron chi connectivity index (χ3n) is 5.75. The van der Waals surface area contributed by atoms with E-state index < -0.39 is 6.16 Å². The number of carbonyl (C=O) groups is 1. The van der Waals surface area contributed by atoms with Crippen LogP contribution in [0, 0.1) is 6.92 Å². The molecule has 1 fully saturated rings. The van der Waals surface area contributed by atoms with E-state index in [4.69, 9.17) is 34.4 Å². The highest BCUT2D eigenvalue weighted by Gasteiger charge is 2.21. The SMILES string of the molecule is Cc1csc2nc(C3CCCCC3)nc(NCCc3ccc4c(c3)OCO4)c12.O=C(O)O. The summed E-state index contributed by atoms with van der Waals surface area (Å²) in [6.45, 7) is 3.29. The zero-order chi connectivity index (χ0) is 22.5. The molecule has 2 aliphatic rings. The van der Waals surface area contributed by atoms with Crippen molar-refractivity contribution in [2.45, 2.75) is 51.4 Å². The number of benzene rings is 1. The molecule has 170 valence electrons. The second-order valence-electron chi connectivity index (χ2n) is 8.01. The summed E-state index contributed by atoms with van der Waals surface area (Å²) in [5.74, 6) is 4.20. The minimum atomic E-state index is -1.83. The molecule has 0 saturated heterocycles. The average molecular weight is 458 g/mol. The van der Waals surface area contributed by atoms with Gasteiger partial charge in [0.15, 0.2) is 11.5 Å². The van der Waals surface area contributed by atoms with E-state index in [1.165, 1.54) is 48.6 Å². The van der Waals surface area contributed by atoms with Gasteiger partial charge in [-0.25, -0.2) is 14.8 Å². The zero-order valence-corrected chi connectivity index (χ0v) is 18.8. The molecule has 0 amide bonds. The molecule has 0 radical (unpaired) electrons. The van der Waals surface area contributed by atoms with Crippen LogP contribution in [0.4, 0.5) is 10.6 Å². The molecule has 8 nitrogen and oxygen atoms in total. The molecule has 32 heavy (non-hydrogen) atoms. The molecule has 0 unspecified atom stereocenters. The number of rotatable bonds is 5. The summed E-state index contributed by atoms with van der Waals surface area (Å²) in [5, 5.41) is 20.9. The molecular weight excluding hydrogens is 430 g/mol. The predicted octanol–water partition coefficient (Wildman–Crippen LogP) is 5.65. The third-order valence-corrected chi connectivity index (χ3v) is 6.74. The summed E-state index contributed by atoms with van der Waals surface area (Å²) in [5.41, 5.74) is 2.48. The summed E-state index contributed by atoms with van der Waals surface area (Å²) in [7, 11) is 0. The quantitative estimate of drug-likeness (QED) is 0.450. The Hall–Kier alpha value is -3.07. The first-order valence-electron chi connectivity index (χ1n) is 10.8. The molecule has 1 aromatic carbocycles. The second kappa shape index (κ2) is 10.0. The van der Waals surface area contributed by atoms with Gasteiger partial charge in [0.1, 0.15) is 16.5 Å². The molecule has 0 spiro atoms. The molecule has 1 aliphatic carbocycles. The fourth-order valence-electron chi connectivity index (χ4n) is 4.19. The van der Waals surface area contributed by atoms with Crippen LogP contribution in [0.2, 0.25) is 0 Å². The average Bonchev–Trinajstić information content (AvgIpc) is 3.40. The highest BCUT2D eigenvalue weighted by molar-refractivity contribution is 7.17. The van der Waals surface area contributed by atoms with E-state index in [1.807, 2.05) is 6.07 Å².